The molecule has 3 aromatic rings. The highest BCUT2D eigenvalue weighted by atomic mass is 16.4. The van der Waals surface area contributed by atoms with Gasteiger partial charge in [-0.2, -0.15) is 0 Å². The van der Waals surface area contributed by atoms with E-state index in [1.165, 1.54) is 12.1 Å². The summed E-state index contributed by atoms with van der Waals surface area (Å²) in [7, 11) is 0. The zero-order chi connectivity index (χ0) is 17.8. The molecule has 1 aromatic heterocycles. The SMILES string of the molecule is O=C(O)c1ccccc1O.O=C1CC=Cc2nc3ccccc3nc21. The topological polar surface area (TPSA) is 100 Å². The number of benzene rings is 2. The fourth-order valence-electron chi connectivity index (χ4n) is 2.36. The second kappa shape index (κ2) is 6.92. The molecule has 0 bridgehead atoms. The van der Waals surface area contributed by atoms with Gasteiger partial charge in [0, 0.05) is 6.42 Å². The maximum absolute atomic E-state index is 11.6. The van der Waals surface area contributed by atoms with Gasteiger partial charge in [0.2, 0.25) is 0 Å². The molecule has 0 saturated carbocycles. The number of carboxylic acid groups (broad SMARTS) is 1. The normalized spacial score (nSPS) is 12.2. The lowest BCUT2D eigenvalue weighted by Gasteiger charge is -2.08. The maximum Gasteiger partial charge on any atom is 0.339 e. The third-order valence-electron chi connectivity index (χ3n) is 3.58. The molecule has 25 heavy (non-hydrogen) atoms. The Labute approximate surface area is 143 Å². The van der Waals surface area contributed by atoms with E-state index in [0.717, 1.165) is 11.0 Å². The lowest BCUT2D eigenvalue weighted by atomic mass is 10.1. The molecule has 0 saturated heterocycles. The predicted octanol–water partition coefficient (Wildman–Crippen LogP) is 3.32. The highest BCUT2D eigenvalue weighted by Gasteiger charge is 2.16. The number of nitrogens with zero attached hydrogens (tertiary/aromatic N) is 2. The summed E-state index contributed by atoms with van der Waals surface area (Å²) in [6, 6.07) is 13.4. The number of aromatic nitrogens is 2. The minimum atomic E-state index is -1.11. The Balaban J connectivity index is 0.000000160. The largest absolute Gasteiger partial charge is 0.507 e. The molecule has 6 nitrogen and oxygen atoms in total. The first-order valence-corrected chi connectivity index (χ1v) is 7.54. The summed E-state index contributed by atoms with van der Waals surface area (Å²) in [6.45, 7) is 0. The van der Waals surface area contributed by atoms with E-state index in [-0.39, 0.29) is 17.1 Å². The lowest BCUT2D eigenvalue weighted by Crippen LogP contribution is -2.09. The van der Waals surface area contributed by atoms with Crippen molar-refractivity contribution in [1.82, 2.24) is 9.97 Å². The minimum absolute atomic E-state index is 0.0470. The van der Waals surface area contributed by atoms with Crippen molar-refractivity contribution in [1.29, 1.82) is 0 Å². The molecule has 2 N–H and O–H groups in total. The Morgan fingerprint density at radius 3 is 2.24 bits per heavy atom. The number of Topliss-reactive ketones (excluding diaryl/α,β-unsaturated/α-hetero) is 1. The number of fused-ring (bicyclic) bond motifs is 2. The first-order chi connectivity index (χ1) is 12.1. The average molecular weight is 334 g/mol. The number of carbonyl (C=O) groups is 2. The molecule has 1 aliphatic carbocycles. The maximum atomic E-state index is 11.6. The van der Waals surface area contributed by atoms with E-state index in [1.807, 2.05) is 36.4 Å². The number of aromatic hydroxyl groups is 1. The van der Waals surface area contributed by atoms with Gasteiger partial charge in [-0.15, -0.1) is 0 Å². The molecule has 4 rings (SSSR count). The van der Waals surface area contributed by atoms with Gasteiger partial charge >= 0.3 is 5.97 Å². The van der Waals surface area contributed by atoms with Gasteiger partial charge in [-0.25, -0.2) is 14.8 Å². The van der Waals surface area contributed by atoms with Crippen molar-refractivity contribution in [2.75, 3.05) is 0 Å². The van der Waals surface area contributed by atoms with Crippen molar-refractivity contribution >= 4 is 28.9 Å². The van der Waals surface area contributed by atoms with E-state index < -0.39 is 5.97 Å². The average Bonchev–Trinajstić information content (AvgIpc) is 2.61. The van der Waals surface area contributed by atoms with Crippen molar-refractivity contribution in [3.63, 3.8) is 0 Å². The van der Waals surface area contributed by atoms with Gasteiger partial charge in [-0.3, -0.25) is 4.79 Å². The van der Waals surface area contributed by atoms with Crippen molar-refractivity contribution in [3.8, 4) is 5.75 Å². The van der Waals surface area contributed by atoms with Gasteiger partial charge < -0.3 is 10.2 Å². The van der Waals surface area contributed by atoms with Gasteiger partial charge in [0.25, 0.3) is 0 Å². The number of carboxylic acids is 1. The van der Waals surface area contributed by atoms with Crippen LogP contribution in [0.1, 0.15) is 33.0 Å². The number of rotatable bonds is 1. The van der Waals surface area contributed by atoms with E-state index in [0.29, 0.717) is 17.8 Å². The number of carbonyl (C=O) groups excluding carboxylic acids is 1. The first-order valence-electron chi connectivity index (χ1n) is 7.54. The summed E-state index contributed by atoms with van der Waals surface area (Å²) in [6.07, 6.45) is 4.12. The van der Waals surface area contributed by atoms with Gasteiger partial charge in [-0.05, 0) is 30.3 Å². The Hall–Kier alpha value is -3.54. The van der Waals surface area contributed by atoms with Crippen LogP contribution in [0.3, 0.4) is 0 Å². The second-order valence-electron chi connectivity index (χ2n) is 5.30. The van der Waals surface area contributed by atoms with Crippen LogP contribution in [0, 0.1) is 0 Å². The molecule has 0 spiro atoms. The molecule has 2 aromatic carbocycles. The number of hydrogen-bond donors (Lipinski definition) is 2. The Kier molecular flexibility index (Phi) is 4.52. The third kappa shape index (κ3) is 3.53. The number of phenols is 1. The molecule has 0 unspecified atom stereocenters. The summed E-state index contributed by atoms with van der Waals surface area (Å²) in [5.41, 5.74) is 2.72. The monoisotopic (exact) mass is 334 g/mol. The van der Waals surface area contributed by atoms with Crippen LogP contribution >= 0.6 is 0 Å². The summed E-state index contributed by atoms with van der Waals surface area (Å²) in [5.74, 6) is -1.26. The zero-order valence-electron chi connectivity index (χ0n) is 13.1. The lowest BCUT2D eigenvalue weighted by molar-refractivity contribution is 0.0693. The van der Waals surface area contributed by atoms with Crippen LogP contribution in [0.25, 0.3) is 17.1 Å². The molecule has 6 heteroatoms. The molecule has 0 atom stereocenters. The van der Waals surface area contributed by atoms with Crippen molar-refractivity contribution in [2.24, 2.45) is 0 Å². The van der Waals surface area contributed by atoms with E-state index >= 15 is 0 Å². The summed E-state index contributed by atoms with van der Waals surface area (Å²) in [4.78, 5) is 30.6. The van der Waals surface area contributed by atoms with E-state index in [1.54, 1.807) is 12.1 Å². The highest BCUT2D eigenvalue weighted by molar-refractivity contribution is 6.01. The molecule has 0 fully saturated rings. The van der Waals surface area contributed by atoms with Crippen LogP contribution in [-0.2, 0) is 0 Å². The molecule has 0 radical (unpaired) electrons. The second-order valence-corrected chi connectivity index (χ2v) is 5.30. The molecule has 1 aliphatic rings. The van der Waals surface area contributed by atoms with Crippen LogP contribution in [0.4, 0.5) is 0 Å². The summed E-state index contributed by atoms with van der Waals surface area (Å²) in [5, 5.41) is 17.3. The molecular weight excluding hydrogens is 320 g/mol. The van der Waals surface area contributed by atoms with Crippen LogP contribution in [0.2, 0.25) is 0 Å². The van der Waals surface area contributed by atoms with Gasteiger partial charge in [-0.1, -0.05) is 30.3 Å². The molecule has 0 aliphatic heterocycles. The van der Waals surface area contributed by atoms with E-state index in [2.05, 4.69) is 9.97 Å². The smallest absolute Gasteiger partial charge is 0.339 e. The van der Waals surface area contributed by atoms with Crippen LogP contribution in [0.15, 0.2) is 54.6 Å². The number of hydrogen-bond acceptors (Lipinski definition) is 5. The fourth-order valence-corrected chi connectivity index (χ4v) is 2.36. The predicted molar refractivity (Wildman–Crippen MR) is 92.6 cm³/mol. The Bertz CT molecular complexity index is 996. The van der Waals surface area contributed by atoms with Crippen molar-refractivity contribution in [2.45, 2.75) is 6.42 Å². The van der Waals surface area contributed by atoms with E-state index in [4.69, 9.17) is 10.2 Å². The quantitative estimate of drug-likeness (QED) is 0.708. The van der Waals surface area contributed by atoms with Gasteiger partial charge in [0.05, 0.1) is 16.7 Å². The summed E-state index contributed by atoms with van der Waals surface area (Å²) < 4.78 is 0. The van der Waals surface area contributed by atoms with Gasteiger partial charge in [0.1, 0.15) is 17.0 Å². The van der Waals surface area contributed by atoms with Gasteiger partial charge in [0.15, 0.2) is 5.78 Å². The third-order valence-corrected chi connectivity index (χ3v) is 3.58. The minimum Gasteiger partial charge on any atom is -0.507 e. The summed E-state index contributed by atoms with van der Waals surface area (Å²) >= 11 is 0. The molecule has 0 amide bonds. The standard InChI is InChI=1S/C12H8N2O.C7H6O3/c15-11-7-3-6-10-12(11)14-9-5-2-1-4-8(9)13-10;8-6-4-2-1-3-5(6)7(9)10/h1-6H,7H2;1-4,8H,(H,9,10). The van der Waals surface area contributed by atoms with Crippen LogP contribution in [0.5, 0.6) is 5.75 Å². The zero-order valence-corrected chi connectivity index (χ0v) is 13.1. The molecule has 1 heterocycles. The Morgan fingerprint density at radius 2 is 1.60 bits per heavy atom. The van der Waals surface area contributed by atoms with Crippen LogP contribution < -0.4 is 0 Å². The number of ketones is 1. The van der Waals surface area contributed by atoms with Crippen molar-refractivity contribution < 1.29 is 19.8 Å². The number of allylic oxidation sites excluding steroid dienone is 1. The first kappa shape index (κ1) is 16.3. The molecular formula is C19H14N2O4. The van der Waals surface area contributed by atoms with Crippen molar-refractivity contribution in [3.05, 3.63) is 71.6 Å². The number of aromatic carboxylic acids is 1. The number of para-hydroxylation sites is 3. The van der Waals surface area contributed by atoms with E-state index in [9.17, 15) is 9.59 Å². The molecule has 124 valence electrons. The highest BCUT2D eigenvalue weighted by Crippen LogP contribution is 2.19. The van der Waals surface area contributed by atoms with Crippen LogP contribution in [-0.4, -0.2) is 31.9 Å². The fraction of sp³-hybridized carbons (Fsp3) is 0.0526. The Morgan fingerprint density at radius 1 is 0.960 bits per heavy atom.